The molecular weight excluding hydrogens is 849 g/mol. The van der Waals surface area contributed by atoms with Crippen LogP contribution in [0.4, 0.5) is 11.6 Å². The van der Waals surface area contributed by atoms with E-state index in [1.807, 2.05) is 103 Å². The molecule has 0 aliphatic heterocycles. The Labute approximate surface area is 393 Å². The number of methoxy groups -OCH3 is 1. The number of carbonyl (C=O) groups excluding carboxylic acids is 1. The minimum atomic E-state index is -1.01. The van der Waals surface area contributed by atoms with Crippen LogP contribution in [0, 0.1) is 0 Å². The molecule has 3 N–H and O–H groups in total. The fraction of sp³-hybridized carbons (Fsp3) is 0.109. The summed E-state index contributed by atoms with van der Waals surface area (Å²) in [5.41, 5.74) is 9.04. The van der Waals surface area contributed by atoms with E-state index >= 15 is 0 Å². The van der Waals surface area contributed by atoms with Gasteiger partial charge in [-0.2, -0.15) is 0 Å². The van der Waals surface area contributed by atoms with E-state index in [2.05, 4.69) is 67.0 Å². The Morgan fingerprint density at radius 1 is 0.544 bits per heavy atom. The Morgan fingerprint density at radius 3 is 1.50 bits per heavy atom. The van der Waals surface area contributed by atoms with Crippen LogP contribution in [0.5, 0.6) is 0 Å². The average molecular weight is 895 g/mol. The zero-order valence-corrected chi connectivity index (χ0v) is 37.6. The summed E-state index contributed by atoms with van der Waals surface area (Å²) >= 11 is 0. The summed E-state index contributed by atoms with van der Waals surface area (Å²) in [5, 5.41) is 19.2. The van der Waals surface area contributed by atoms with Crippen molar-refractivity contribution in [3.05, 3.63) is 205 Å². The van der Waals surface area contributed by atoms with Gasteiger partial charge in [0.25, 0.3) is 0 Å². The molecule has 6 aromatic heterocycles. The van der Waals surface area contributed by atoms with Crippen molar-refractivity contribution in [1.29, 1.82) is 0 Å². The summed E-state index contributed by atoms with van der Waals surface area (Å²) in [5.74, 6) is 1.93. The summed E-state index contributed by atoms with van der Waals surface area (Å²) in [6.07, 6.45) is 10.0. The summed E-state index contributed by atoms with van der Waals surface area (Å²) in [6.45, 7) is 4.50. The third-order valence-corrected chi connectivity index (χ3v) is 11.1. The Morgan fingerprint density at radius 2 is 1.03 bits per heavy atom. The minimum Gasteiger partial charge on any atom is -0.465 e. The van der Waals surface area contributed by atoms with E-state index in [-0.39, 0.29) is 0 Å². The quantitative estimate of drug-likeness (QED) is 0.0990. The van der Waals surface area contributed by atoms with Gasteiger partial charge in [-0.1, -0.05) is 97.1 Å². The maximum Gasteiger partial charge on any atom is 0.339 e. The number of nitrogens with one attached hydrogen (secondary N) is 2. The summed E-state index contributed by atoms with van der Waals surface area (Å²) in [4.78, 5) is 48.8. The second-order valence-electron chi connectivity index (χ2n) is 16.2. The Hall–Kier alpha value is -8.81. The molecule has 13 heteroatoms. The highest BCUT2D eigenvalue weighted by Crippen LogP contribution is 2.36. The van der Waals surface area contributed by atoms with Gasteiger partial charge in [-0.25, -0.2) is 24.7 Å². The number of ether oxygens (including phenoxy) is 1. The van der Waals surface area contributed by atoms with Gasteiger partial charge in [0.2, 0.25) is 0 Å². The Balaban J connectivity index is 0.000000170. The van der Waals surface area contributed by atoms with E-state index in [0.29, 0.717) is 47.2 Å². The van der Waals surface area contributed by atoms with Gasteiger partial charge in [0.05, 0.1) is 64.6 Å². The maximum atomic E-state index is 12.0. The first kappa shape index (κ1) is 44.4. The topological polar surface area (TPSA) is 174 Å². The third kappa shape index (κ3) is 10.2. The molecular formula is C55H46N10O3. The van der Waals surface area contributed by atoms with Gasteiger partial charge < -0.3 is 20.5 Å². The highest BCUT2D eigenvalue weighted by molar-refractivity contribution is 6.03. The number of aromatic nitrogens is 8. The number of esters is 1. The first-order chi connectivity index (χ1) is 33.2. The van der Waals surface area contributed by atoms with E-state index in [9.17, 15) is 9.90 Å². The number of nitrogens with zero attached hydrogens (tertiary/aromatic N) is 8. The van der Waals surface area contributed by atoms with Gasteiger partial charge in [-0.3, -0.25) is 19.9 Å². The average Bonchev–Trinajstić information content (AvgIpc) is 3.39. The lowest BCUT2D eigenvalue weighted by molar-refractivity contribution is 0.0600. The van der Waals surface area contributed by atoms with Crippen molar-refractivity contribution in [2.75, 3.05) is 17.7 Å². The van der Waals surface area contributed by atoms with Crippen molar-refractivity contribution < 1.29 is 14.6 Å². The molecule has 0 bridgehead atoms. The minimum absolute atomic E-state index is 0.338. The van der Waals surface area contributed by atoms with Crippen LogP contribution in [0.15, 0.2) is 183 Å². The number of aliphatic hydroxyl groups is 1. The molecule has 0 amide bonds. The van der Waals surface area contributed by atoms with Crippen molar-refractivity contribution in [2.45, 2.75) is 32.5 Å². The molecule has 6 heterocycles. The standard InChI is InChI=1S/C28H25N5O.C27H21N5O2/c1-28(2,34)21-15-20(16-29-17-21)26-32-24-13-8-12-23(19-9-4-3-5-10-19)25(24)27(33-26)31-18-22-11-6-7-14-30-22;1-34-27(33)20-14-19(15-28-16-20)25-31-23-12-7-11-22(18-8-3-2-4-9-18)24(23)26(32-25)30-17-21-10-5-6-13-29-21/h3-17,34H,18H2,1-2H3,(H,31,32,33);2-16H,17H2,1H3,(H,30,31,32). The zero-order chi connectivity index (χ0) is 46.9. The van der Waals surface area contributed by atoms with Gasteiger partial charge in [-0.15, -0.1) is 0 Å². The number of hydrogen-bond donors (Lipinski definition) is 3. The Kier molecular flexibility index (Phi) is 13.2. The number of anilines is 2. The monoisotopic (exact) mass is 894 g/mol. The van der Waals surface area contributed by atoms with Crippen molar-refractivity contribution in [3.8, 4) is 45.0 Å². The molecule has 10 rings (SSSR count). The molecule has 0 spiro atoms. The third-order valence-electron chi connectivity index (χ3n) is 11.1. The fourth-order valence-corrected chi connectivity index (χ4v) is 7.64. The molecule has 0 saturated heterocycles. The molecule has 0 aliphatic carbocycles. The second-order valence-corrected chi connectivity index (χ2v) is 16.2. The molecule has 0 saturated carbocycles. The number of hydrogen-bond acceptors (Lipinski definition) is 13. The molecule has 0 aliphatic rings. The maximum absolute atomic E-state index is 12.0. The molecule has 13 nitrogen and oxygen atoms in total. The van der Waals surface area contributed by atoms with E-state index in [4.69, 9.17) is 24.7 Å². The summed E-state index contributed by atoms with van der Waals surface area (Å²) in [7, 11) is 1.34. The van der Waals surface area contributed by atoms with Crippen molar-refractivity contribution >= 4 is 39.4 Å². The molecule has 10 aromatic rings. The summed E-state index contributed by atoms with van der Waals surface area (Å²) in [6, 6.07) is 47.7. The van der Waals surface area contributed by atoms with E-state index in [1.165, 1.54) is 13.3 Å². The normalized spacial score (nSPS) is 11.1. The van der Waals surface area contributed by atoms with Crippen LogP contribution >= 0.6 is 0 Å². The first-order valence-corrected chi connectivity index (χ1v) is 21.9. The molecule has 4 aromatic carbocycles. The van der Waals surface area contributed by atoms with E-state index in [0.717, 1.165) is 66.8 Å². The first-order valence-electron chi connectivity index (χ1n) is 21.9. The number of carbonyl (C=O) groups is 1. The predicted octanol–water partition coefficient (Wildman–Crippen LogP) is 10.7. The van der Waals surface area contributed by atoms with Crippen molar-refractivity contribution in [3.63, 3.8) is 0 Å². The predicted molar refractivity (Wildman–Crippen MR) is 266 cm³/mol. The molecule has 68 heavy (non-hydrogen) atoms. The van der Waals surface area contributed by atoms with Crippen molar-refractivity contribution in [1.82, 2.24) is 39.9 Å². The number of fused-ring (bicyclic) bond motifs is 2. The molecule has 334 valence electrons. The number of rotatable bonds is 12. The lowest BCUT2D eigenvalue weighted by Gasteiger charge is -2.18. The number of pyridine rings is 4. The second kappa shape index (κ2) is 20.1. The molecule has 0 unspecified atom stereocenters. The van der Waals surface area contributed by atoms with Crippen LogP contribution in [-0.4, -0.2) is 58.1 Å². The van der Waals surface area contributed by atoms with Gasteiger partial charge in [-0.05, 0) is 84.6 Å². The summed E-state index contributed by atoms with van der Waals surface area (Å²) < 4.78 is 4.83. The van der Waals surface area contributed by atoms with Crippen LogP contribution in [0.2, 0.25) is 0 Å². The van der Waals surface area contributed by atoms with Crippen molar-refractivity contribution in [2.24, 2.45) is 0 Å². The smallest absolute Gasteiger partial charge is 0.339 e. The van der Waals surface area contributed by atoms with Gasteiger partial charge in [0, 0.05) is 53.9 Å². The van der Waals surface area contributed by atoms with E-state index < -0.39 is 11.6 Å². The van der Waals surface area contributed by atoms with Crippen LogP contribution in [0.3, 0.4) is 0 Å². The largest absolute Gasteiger partial charge is 0.465 e. The Bertz CT molecular complexity index is 3340. The molecule has 0 radical (unpaired) electrons. The van der Waals surface area contributed by atoms with Crippen LogP contribution < -0.4 is 10.6 Å². The van der Waals surface area contributed by atoms with E-state index in [1.54, 1.807) is 50.9 Å². The van der Waals surface area contributed by atoms with Crippen LogP contribution in [-0.2, 0) is 23.4 Å². The fourth-order valence-electron chi connectivity index (χ4n) is 7.64. The number of benzene rings is 4. The van der Waals surface area contributed by atoms with Crippen LogP contribution in [0.25, 0.3) is 66.8 Å². The van der Waals surface area contributed by atoms with Gasteiger partial charge in [0.15, 0.2) is 11.6 Å². The molecule has 0 atom stereocenters. The lowest BCUT2D eigenvalue weighted by atomic mass is 9.98. The lowest BCUT2D eigenvalue weighted by Crippen LogP contribution is -2.15. The molecule has 0 fully saturated rings. The van der Waals surface area contributed by atoms with Crippen LogP contribution in [0.1, 0.15) is 41.2 Å². The zero-order valence-electron chi connectivity index (χ0n) is 37.6. The SMILES string of the molecule is CC(C)(O)c1cncc(-c2nc(NCc3ccccn3)c3c(-c4ccccc4)cccc3n2)c1.COC(=O)c1cncc(-c2nc(NCc3ccccn3)c3c(-c4ccccc4)cccc3n2)c1. The van der Waals surface area contributed by atoms with Gasteiger partial charge in [0.1, 0.15) is 11.6 Å². The highest BCUT2D eigenvalue weighted by atomic mass is 16.5. The van der Waals surface area contributed by atoms with Gasteiger partial charge >= 0.3 is 5.97 Å². The highest BCUT2D eigenvalue weighted by Gasteiger charge is 2.20.